The molecule has 2 amide bonds. The van der Waals surface area contributed by atoms with Crippen molar-refractivity contribution in [2.24, 2.45) is 0 Å². The Morgan fingerprint density at radius 2 is 2.06 bits per heavy atom. The van der Waals surface area contributed by atoms with Crippen LogP contribution in [0.15, 0.2) is 24.4 Å². The lowest BCUT2D eigenvalue weighted by Gasteiger charge is -2.32. The molecule has 0 atom stereocenters. The Labute approximate surface area is 100 Å². The number of amides is 2. The first-order chi connectivity index (χ1) is 8.29. The van der Waals surface area contributed by atoms with Gasteiger partial charge in [-0.25, -0.2) is 0 Å². The highest BCUT2D eigenvalue weighted by atomic mass is 16.2. The van der Waals surface area contributed by atoms with Gasteiger partial charge in [0.1, 0.15) is 0 Å². The van der Waals surface area contributed by atoms with Crippen molar-refractivity contribution in [3.8, 4) is 0 Å². The fraction of sp³-hybridized carbons (Fsp3) is 0.417. The number of carbonyl (C=O) groups is 2. The predicted octanol–water partition coefficient (Wildman–Crippen LogP) is -0.0753. The second-order valence-corrected chi connectivity index (χ2v) is 4.02. The zero-order valence-electron chi connectivity index (χ0n) is 9.58. The van der Waals surface area contributed by atoms with Crippen LogP contribution in [0, 0.1) is 0 Å². The van der Waals surface area contributed by atoms with Crippen molar-refractivity contribution < 1.29 is 9.59 Å². The lowest BCUT2D eigenvalue weighted by molar-refractivity contribution is -0.134. The third-order valence-electron chi connectivity index (χ3n) is 2.87. The van der Waals surface area contributed by atoms with Crippen molar-refractivity contribution in [2.45, 2.75) is 6.42 Å². The minimum atomic E-state index is 0.0780. The van der Waals surface area contributed by atoms with Crippen LogP contribution in [0.4, 0.5) is 0 Å². The van der Waals surface area contributed by atoms with E-state index < -0.39 is 0 Å². The third-order valence-corrected chi connectivity index (χ3v) is 2.87. The Bertz CT molecular complexity index is 386. The quantitative estimate of drug-likeness (QED) is 0.686. The standard InChI is InChI=1S/C12H15N3O2/c16-10-14-5-7-15(8-6-14)12(17)9-11-3-1-2-4-13-11/h1-4,10H,5-9H2. The van der Waals surface area contributed by atoms with Crippen molar-refractivity contribution in [3.05, 3.63) is 30.1 Å². The molecular formula is C12H15N3O2. The lowest BCUT2D eigenvalue weighted by atomic mass is 10.2. The molecule has 90 valence electrons. The highest BCUT2D eigenvalue weighted by Gasteiger charge is 2.20. The molecule has 0 bridgehead atoms. The fourth-order valence-corrected chi connectivity index (χ4v) is 1.85. The number of nitrogens with zero attached hydrogens (tertiary/aromatic N) is 3. The lowest BCUT2D eigenvalue weighted by Crippen LogP contribution is -2.48. The highest BCUT2D eigenvalue weighted by molar-refractivity contribution is 5.78. The normalized spacial score (nSPS) is 15.8. The zero-order chi connectivity index (χ0) is 12.1. The summed E-state index contributed by atoms with van der Waals surface area (Å²) in [4.78, 5) is 30.1. The number of hydrogen-bond donors (Lipinski definition) is 0. The second kappa shape index (κ2) is 5.43. The van der Waals surface area contributed by atoms with Crippen LogP contribution in [0.1, 0.15) is 5.69 Å². The summed E-state index contributed by atoms with van der Waals surface area (Å²) in [6.07, 6.45) is 2.86. The molecule has 5 nitrogen and oxygen atoms in total. The van der Waals surface area contributed by atoms with Gasteiger partial charge in [-0.05, 0) is 12.1 Å². The van der Waals surface area contributed by atoms with Crippen molar-refractivity contribution in [3.63, 3.8) is 0 Å². The molecule has 0 spiro atoms. The van der Waals surface area contributed by atoms with Crippen LogP contribution >= 0.6 is 0 Å². The molecule has 17 heavy (non-hydrogen) atoms. The van der Waals surface area contributed by atoms with Gasteiger partial charge in [0.2, 0.25) is 12.3 Å². The van der Waals surface area contributed by atoms with Gasteiger partial charge >= 0.3 is 0 Å². The van der Waals surface area contributed by atoms with Crippen LogP contribution in [-0.2, 0) is 16.0 Å². The van der Waals surface area contributed by atoms with Gasteiger partial charge in [0.25, 0.3) is 0 Å². The number of hydrogen-bond acceptors (Lipinski definition) is 3. The molecule has 0 aliphatic carbocycles. The molecule has 0 unspecified atom stereocenters. The van der Waals surface area contributed by atoms with E-state index in [2.05, 4.69) is 4.98 Å². The Hall–Kier alpha value is -1.91. The summed E-state index contributed by atoms with van der Waals surface area (Å²) < 4.78 is 0. The Morgan fingerprint density at radius 3 is 2.65 bits per heavy atom. The van der Waals surface area contributed by atoms with E-state index in [0.29, 0.717) is 32.6 Å². The first-order valence-corrected chi connectivity index (χ1v) is 5.66. The SMILES string of the molecule is O=CN1CCN(C(=O)Cc2ccccn2)CC1. The molecule has 0 N–H and O–H groups in total. The molecule has 0 aromatic carbocycles. The number of rotatable bonds is 3. The molecule has 1 aliphatic heterocycles. The van der Waals surface area contributed by atoms with Crippen LogP contribution in [0.3, 0.4) is 0 Å². The first kappa shape index (κ1) is 11.6. The summed E-state index contributed by atoms with van der Waals surface area (Å²) >= 11 is 0. The molecule has 2 heterocycles. The van der Waals surface area contributed by atoms with Crippen LogP contribution < -0.4 is 0 Å². The molecule has 1 aliphatic rings. The van der Waals surface area contributed by atoms with Gasteiger partial charge < -0.3 is 9.80 Å². The monoisotopic (exact) mass is 233 g/mol. The van der Waals surface area contributed by atoms with Crippen LogP contribution in [0.5, 0.6) is 0 Å². The fourth-order valence-electron chi connectivity index (χ4n) is 1.85. The minimum absolute atomic E-state index is 0.0780. The molecule has 1 aromatic rings. The van der Waals surface area contributed by atoms with Gasteiger partial charge in [-0.3, -0.25) is 14.6 Å². The minimum Gasteiger partial charge on any atom is -0.342 e. The van der Waals surface area contributed by atoms with Gasteiger partial charge in [-0.15, -0.1) is 0 Å². The molecule has 0 radical (unpaired) electrons. The van der Waals surface area contributed by atoms with E-state index in [9.17, 15) is 9.59 Å². The van der Waals surface area contributed by atoms with E-state index in [4.69, 9.17) is 0 Å². The first-order valence-electron chi connectivity index (χ1n) is 5.66. The van der Waals surface area contributed by atoms with E-state index >= 15 is 0 Å². The number of carbonyl (C=O) groups excluding carboxylic acids is 2. The Kier molecular flexibility index (Phi) is 3.69. The van der Waals surface area contributed by atoms with Crippen LogP contribution in [0.25, 0.3) is 0 Å². The van der Waals surface area contributed by atoms with Crippen molar-refractivity contribution in [2.75, 3.05) is 26.2 Å². The highest BCUT2D eigenvalue weighted by Crippen LogP contribution is 2.04. The second-order valence-electron chi connectivity index (χ2n) is 4.02. The zero-order valence-corrected chi connectivity index (χ0v) is 9.58. The molecule has 1 aromatic heterocycles. The summed E-state index contributed by atoms with van der Waals surface area (Å²) in [6, 6.07) is 5.55. The molecule has 2 rings (SSSR count). The average Bonchev–Trinajstić information content (AvgIpc) is 2.40. The maximum Gasteiger partial charge on any atom is 0.228 e. The smallest absolute Gasteiger partial charge is 0.228 e. The van der Waals surface area contributed by atoms with Gasteiger partial charge in [-0.2, -0.15) is 0 Å². The Morgan fingerprint density at radius 1 is 1.29 bits per heavy atom. The van der Waals surface area contributed by atoms with Crippen LogP contribution in [0.2, 0.25) is 0 Å². The summed E-state index contributed by atoms with van der Waals surface area (Å²) in [5.74, 6) is 0.0780. The van der Waals surface area contributed by atoms with Gasteiger partial charge in [0.05, 0.1) is 6.42 Å². The van der Waals surface area contributed by atoms with E-state index in [1.54, 1.807) is 16.0 Å². The molecule has 1 fully saturated rings. The van der Waals surface area contributed by atoms with Crippen LogP contribution in [-0.4, -0.2) is 53.3 Å². The predicted molar refractivity (Wildman–Crippen MR) is 62.2 cm³/mol. The summed E-state index contributed by atoms with van der Waals surface area (Å²) in [6.45, 7) is 2.48. The van der Waals surface area contributed by atoms with E-state index in [1.165, 1.54) is 0 Å². The van der Waals surface area contributed by atoms with E-state index in [0.717, 1.165) is 12.1 Å². The maximum atomic E-state index is 11.9. The number of piperazine rings is 1. The van der Waals surface area contributed by atoms with Gasteiger partial charge in [0.15, 0.2) is 0 Å². The maximum absolute atomic E-state index is 11.9. The number of aromatic nitrogens is 1. The Balaban J connectivity index is 1.87. The van der Waals surface area contributed by atoms with E-state index in [-0.39, 0.29) is 5.91 Å². The summed E-state index contributed by atoms with van der Waals surface area (Å²) in [5.41, 5.74) is 0.787. The van der Waals surface area contributed by atoms with E-state index in [1.807, 2.05) is 18.2 Å². The molecule has 5 heteroatoms. The molecule has 0 saturated carbocycles. The largest absolute Gasteiger partial charge is 0.342 e. The van der Waals surface area contributed by atoms with Crippen molar-refractivity contribution in [1.29, 1.82) is 0 Å². The third kappa shape index (κ3) is 3.03. The van der Waals surface area contributed by atoms with Crippen molar-refractivity contribution >= 4 is 12.3 Å². The molecular weight excluding hydrogens is 218 g/mol. The average molecular weight is 233 g/mol. The summed E-state index contributed by atoms with van der Waals surface area (Å²) in [5, 5.41) is 0. The molecule has 1 saturated heterocycles. The van der Waals surface area contributed by atoms with Gasteiger partial charge in [-0.1, -0.05) is 6.07 Å². The van der Waals surface area contributed by atoms with Crippen molar-refractivity contribution in [1.82, 2.24) is 14.8 Å². The summed E-state index contributed by atoms with van der Waals surface area (Å²) in [7, 11) is 0. The van der Waals surface area contributed by atoms with Gasteiger partial charge in [0, 0.05) is 38.1 Å². The number of pyridine rings is 1. The topological polar surface area (TPSA) is 53.5 Å².